The summed E-state index contributed by atoms with van der Waals surface area (Å²) in [6.45, 7) is 13.6. The zero-order chi connectivity index (χ0) is 19.2. The number of furan rings is 2. The number of unbranched alkanes of at least 4 members (excludes halogenated alkanes) is 2. The second-order valence-corrected chi connectivity index (χ2v) is 8.76. The molecule has 158 valence electrons. The van der Waals surface area contributed by atoms with E-state index in [0.29, 0.717) is 11.6 Å². The van der Waals surface area contributed by atoms with Crippen molar-refractivity contribution in [3.63, 3.8) is 0 Å². The molecule has 0 aromatic carbocycles. The van der Waals surface area contributed by atoms with Crippen LogP contribution in [0.15, 0.2) is 45.6 Å². The van der Waals surface area contributed by atoms with Crippen LogP contribution in [-0.4, -0.2) is 5.66 Å². The first-order valence-electron chi connectivity index (χ1n) is 9.97. The summed E-state index contributed by atoms with van der Waals surface area (Å²) < 4.78 is 11.4. The molecule has 0 spiro atoms. The van der Waals surface area contributed by atoms with Gasteiger partial charge in [0, 0.05) is 29.0 Å². The van der Waals surface area contributed by atoms with Gasteiger partial charge in [0.2, 0.25) is 0 Å². The SMILES string of the molecule is C[CH-]C1CCCC1P(c1ccco1)c1ccco1.[CH2-]CCC.[CH2-]CCC.[Pt]. The molecule has 2 unspecified atom stereocenters. The molecule has 27 heavy (non-hydrogen) atoms. The van der Waals surface area contributed by atoms with Crippen molar-refractivity contribution >= 4 is 18.9 Å². The van der Waals surface area contributed by atoms with Crippen molar-refractivity contribution in [2.45, 2.75) is 71.4 Å². The van der Waals surface area contributed by atoms with Gasteiger partial charge < -0.3 is 29.1 Å². The van der Waals surface area contributed by atoms with Gasteiger partial charge in [-0.25, -0.2) is 0 Å². The molecule has 0 radical (unpaired) electrons. The molecule has 1 fully saturated rings. The third-order valence-electron chi connectivity index (χ3n) is 4.49. The summed E-state index contributed by atoms with van der Waals surface area (Å²) in [5, 5.41) is 0. The van der Waals surface area contributed by atoms with E-state index in [2.05, 4.69) is 53.2 Å². The Morgan fingerprint density at radius 1 is 1.00 bits per heavy atom. The summed E-state index contributed by atoms with van der Waals surface area (Å²) in [6, 6.07) is 8.15. The Balaban J connectivity index is 0.000000646. The van der Waals surface area contributed by atoms with Crippen LogP contribution in [0.2, 0.25) is 0 Å². The van der Waals surface area contributed by atoms with Crippen LogP contribution < -0.4 is 11.0 Å². The topological polar surface area (TPSA) is 26.3 Å². The first-order chi connectivity index (χ1) is 12.7. The predicted octanol–water partition coefficient (Wildman–Crippen LogP) is 6.94. The molecule has 2 atom stereocenters. The van der Waals surface area contributed by atoms with Gasteiger partial charge in [0.05, 0.1) is 12.5 Å². The molecule has 1 aliphatic rings. The van der Waals surface area contributed by atoms with E-state index in [-0.39, 0.29) is 21.1 Å². The van der Waals surface area contributed by atoms with Gasteiger partial charge in [0.25, 0.3) is 0 Å². The normalized spacial score (nSPS) is 18.1. The largest absolute Gasteiger partial charge is 0.464 e. The zero-order valence-electron chi connectivity index (χ0n) is 17.1. The van der Waals surface area contributed by atoms with Crippen molar-refractivity contribution < 1.29 is 29.9 Å². The van der Waals surface area contributed by atoms with Gasteiger partial charge in [-0.05, 0) is 36.3 Å². The molecular formula is C23H36O2PPt-3. The summed E-state index contributed by atoms with van der Waals surface area (Å²) in [7, 11) is -0.488. The summed E-state index contributed by atoms with van der Waals surface area (Å²) in [5.74, 6) is 0.700. The minimum absolute atomic E-state index is 0. The van der Waals surface area contributed by atoms with Gasteiger partial charge in [-0.3, -0.25) is 0 Å². The Morgan fingerprint density at radius 2 is 1.48 bits per heavy atom. The maximum Gasteiger partial charge on any atom is 0.133 e. The van der Waals surface area contributed by atoms with Crippen LogP contribution >= 0.6 is 7.92 Å². The zero-order valence-corrected chi connectivity index (χ0v) is 20.3. The summed E-state index contributed by atoms with van der Waals surface area (Å²) in [5.41, 5.74) is 2.86. The maximum absolute atomic E-state index is 5.68. The van der Waals surface area contributed by atoms with E-state index in [1.54, 1.807) is 12.5 Å². The van der Waals surface area contributed by atoms with E-state index < -0.39 is 7.92 Å². The van der Waals surface area contributed by atoms with Crippen LogP contribution in [0.5, 0.6) is 0 Å². The molecule has 0 N–H and O–H groups in total. The van der Waals surface area contributed by atoms with Crippen molar-refractivity contribution in [2.75, 3.05) is 0 Å². The number of rotatable bonds is 6. The van der Waals surface area contributed by atoms with E-state index in [9.17, 15) is 0 Å². The average molecular weight is 571 g/mol. The smallest absolute Gasteiger partial charge is 0.133 e. The van der Waals surface area contributed by atoms with Crippen LogP contribution in [0.4, 0.5) is 0 Å². The molecule has 4 heteroatoms. The van der Waals surface area contributed by atoms with Gasteiger partial charge in [-0.15, -0.1) is 0 Å². The van der Waals surface area contributed by atoms with E-state index in [1.807, 2.05) is 12.1 Å². The first-order valence-corrected chi connectivity index (χ1v) is 11.4. The van der Waals surface area contributed by atoms with Gasteiger partial charge in [0.1, 0.15) is 11.0 Å². The van der Waals surface area contributed by atoms with Crippen molar-refractivity contribution in [1.82, 2.24) is 0 Å². The van der Waals surface area contributed by atoms with Crippen molar-refractivity contribution in [3.8, 4) is 0 Å². The van der Waals surface area contributed by atoms with E-state index in [4.69, 9.17) is 8.83 Å². The molecule has 1 saturated carbocycles. The standard InChI is InChI=1S/C15H18O2P.2C4H9.Pt/c1-2-12-6-3-7-13(12)18(14-8-4-10-16-14)15-9-5-11-17-15;2*1-3-4-2;/h2,4-5,8-13H,3,6-7H2,1H3;2*1,3-4H2,2H3;/q3*-1;. The summed E-state index contributed by atoms with van der Waals surface area (Å²) in [4.78, 5) is 0. The molecule has 2 nitrogen and oxygen atoms in total. The number of hydrogen-bond donors (Lipinski definition) is 0. The monoisotopic (exact) mass is 570 g/mol. The molecular weight excluding hydrogens is 534 g/mol. The molecule has 0 bridgehead atoms. The Morgan fingerprint density at radius 3 is 1.81 bits per heavy atom. The summed E-state index contributed by atoms with van der Waals surface area (Å²) >= 11 is 0. The quantitative estimate of drug-likeness (QED) is 0.278. The number of hydrogen-bond acceptors (Lipinski definition) is 2. The molecule has 0 amide bonds. The third-order valence-corrected chi connectivity index (χ3v) is 7.25. The van der Waals surface area contributed by atoms with E-state index in [0.717, 1.165) is 23.8 Å². The van der Waals surface area contributed by atoms with Crippen LogP contribution in [0, 0.1) is 26.2 Å². The Hall–Kier alpha value is -0.322. The second kappa shape index (κ2) is 16.6. The summed E-state index contributed by atoms with van der Waals surface area (Å²) in [6.07, 6.45) is 14.4. The minimum atomic E-state index is -0.488. The Labute approximate surface area is 182 Å². The molecule has 2 heterocycles. The van der Waals surface area contributed by atoms with Crippen LogP contribution in [0.25, 0.3) is 0 Å². The molecule has 2 aromatic rings. The molecule has 0 aliphatic heterocycles. The molecule has 2 aromatic heterocycles. The van der Waals surface area contributed by atoms with Crippen LogP contribution in [0.3, 0.4) is 0 Å². The van der Waals surface area contributed by atoms with Crippen molar-refractivity contribution in [3.05, 3.63) is 57.1 Å². The van der Waals surface area contributed by atoms with E-state index in [1.165, 1.54) is 32.1 Å². The van der Waals surface area contributed by atoms with E-state index >= 15 is 0 Å². The fraction of sp³-hybridized carbons (Fsp3) is 0.522. The van der Waals surface area contributed by atoms with Gasteiger partial charge in [-0.2, -0.15) is 25.7 Å². The fourth-order valence-corrected chi connectivity index (χ4v) is 5.79. The second-order valence-electron chi connectivity index (χ2n) is 6.48. The molecule has 0 saturated heterocycles. The van der Waals surface area contributed by atoms with Gasteiger partial charge in [0.15, 0.2) is 0 Å². The molecule has 3 rings (SSSR count). The Bertz CT molecular complexity index is 482. The third kappa shape index (κ3) is 9.14. The van der Waals surface area contributed by atoms with Crippen molar-refractivity contribution in [1.29, 1.82) is 0 Å². The van der Waals surface area contributed by atoms with Crippen LogP contribution in [-0.2, 0) is 21.1 Å². The predicted molar refractivity (Wildman–Crippen MR) is 115 cm³/mol. The van der Waals surface area contributed by atoms with Crippen LogP contribution in [0.1, 0.15) is 65.7 Å². The Kier molecular flexibility index (Phi) is 16.4. The molecule has 1 aliphatic carbocycles. The van der Waals surface area contributed by atoms with Gasteiger partial charge >= 0.3 is 0 Å². The fourth-order valence-electron chi connectivity index (χ4n) is 2.93. The average Bonchev–Trinajstić information content (AvgIpc) is 3.45. The maximum atomic E-state index is 5.68. The minimum Gasteiger partial charge on any atom is -0.464 e. The van der Waals surface area contributed by atoms with Crippen molar-refractivity contribution in [2.24, 2.45) is 5.92 Å². The first kappa shape index (κ1) is 26.7. The van der Waals surface area contributed by atoms with Gasteiger partial charge in [-0.1, -0.05) is 39.5 Å².